The summed E-state index contributed by atoms with van der Waals surface area (Å²) in [4.78, 5) is 6.52. The van der Waals surface area contributed by atoms with E-state index in [0.29, 0.717) is 18.5 Å². The Morgan fingerprint density at radius 3 is 2.53 bits per heavy atom. The molecule has 0 atom stereocenters. The van der Waals surface area contributed by atoms with Crippen molar-refractivity contribution in [2.24, 2.45) is 10.7 Å². The summed E-state index contributed by atoms with van der Waals surface area (Å²) >= 11 is 0. The highest BCUT2D eigenvalue weighted by atomic mass is 16.5. The van der Waals surface area contributed by atoms with Crippen LogP contribution in [-0.2, 0) is 0 Å². The van der Waals surface area contributed by atoms with Crippen LogP contribution in [0.25, 0.3) is 0 Å². The fourth-order valence-corrected chi connectivity index (χ4v) is 1.45. The molecule has 1 rings (SSSR count). The number of likely N-dealkylation sites (N-methyl/N-ethyl adjacent to an activating group) is 1. The molecule has 3 N–H and O–H groups in total. The molecule has 1 aromatic rings. The van der Waals surface area contributed by atoms with Crippen molar-refractivity contribution in [1.82, 2.24) is 4.90 Å². The number of ether oxygens (including phenoxy) is 1. The maximum Gasteiger partial charge on any atom is 0.193 e. The van der Waals surface area contributed by atoms with Gasteiger partial charge in [-0.3, -0.25) is 4.99 Å². The second kappa shape index (κ2) is 7.63. The summed E-state index contributed by atoms with van der Waals surface area (Å²) in [5, 5.41) is 3.05. The molecule has 0 aliphatic carbocycles. The first kappa shape index (κ1) is 15.3. The number of anilines is 1. The number of hydrogen-bond donors (Lipinski definition) is 2. The maximum absolute atomic E-state index is 5.83. The fourth-order valence-electron chi connectivity index (χ4n) is 1.45. The molecule has 0 radical (unpaired) electrons. The van der Waals surface area contributed by atoms with Gasteiger partial charge in [-0.2, -0.15) is 0 Å². The summed E-state index contributed by atoms with van der Waals surface area (Å²) in [6, 6.07) is 8.08. The number of nitrogens with one attached hydrogen (secondary N) is 1. The Morgan fingerprint density at radius 1 is 1.37 bits per heavy atom. The maximum atomic E-state index is 5.83. The van der Waals surface area contributed by atoms with E-state index in [1.54, 1.807) is 7.11 Å². The van der Waals surface area contributed by atoms with Crippen LogP contribution in [0.4, 0.5) is 5.69 Å². The molecule has 0 aromatic heterocycles. The van der Waals surface area contributed by atoms with Gasteiger partial charge in [0.05, 0.1) is 13.7 Å². The van der Waals surface area contributed by atoms with E-state index >= 15 is 0 Å². The van der Waals surface area contributed by atoms with E-state index in [2.05, 4.69) is 36.1 Å². The van der Waals surface area contributed by atoms with E-state index in [1.165, 1.54) is 0 Å². The number of nitrogens with zero attached hydrogens (tertiary/aromatic N) is 2. The highest BCUT2D eigenvalue weighted by molar-refractivity contribution is 5.92. The van der Waals surface area contributed by atoms with Gasteiger partial charge in [-0.25, -0.2) is 0 Å². The topological polar surface area (TPSA) is 62.9 Å². The highest BCUT2D eigenvalue weighted by Crippen LogP contribution is 2.14. The third-order valence-electron chi connectivity index (χ3n) is 2.98. The van der Waals surface area contributed by atoms with E-state index in [4.69, 9.17) is 10.5 Å². The third-order valence-corrected chi connectivity index (χ3v) is 2.98. The minimum Gasteiger partial charge on any atom is -0.497 e. The first-order chi connectivity index (χ1) is 9.02. The second-order valence-electron chi connectivity index (χ2n) is 4.69. The van der Waals surface area contributed by atoms with Crippen LogP contribution in [0.15, 0.2) is 29.3 Å². The molecule has 106 valence electrons. The van der Waals surface area contributed by atoms with Crippen LogP contribution in [0.2, 0.25) is 0 Å². The SMILES string of the molecule is COc1ccc(NC(N)=NCCN(C)C(C)C)cc1. The standard InChI is InChI=1S/C14H24N4O/c1-11(2)18(3)10-9-16-14(15)17-12-5-7-13(19-4)8-6-12/h5-8,11H,9-10H2,1-4H3,(H3,15,16,17). The van der Waals surface area contributed by atoms with E-state index in [-0.39, 0.29) is 0 Å². The lowest BCUT2D eigenvalue weighted by atomic mass is 10.3. The monoisotopic (exact) mass is 264 g/mol. The van der Waals surface area contributed by atoms with Gasteiger partial charge in [0.2, 0.25) is 0 Å². The zero-order valence-corrected chi connectivity index (χ0v) is 12.2. The summed E-state index contributed by atoms with van der Waals surface area (Å²) in [7, 11) is 3.72. The van der Waals surface area contributed by atoms with Gasteiger partial charge in [0, 0.05) is 18.3 Å². The van der Waals surface area contributed by atoms with Crippen molar-refractivity contribution in [2.75, 3.05) is 32.6 Å². The minimum atomic E-state index is 0.433. The third kappa shape index (κ3) is 5.61. The number of methoxy groups -OCH3 is 1. The average Bonchev–Trinajstić information content (AvgIpc) is 2.39. The average molecular weight is 264 g/mol. The second-order valence-corrected chi connectivity index (χ2v) is 4.69. The van der Waals surface area contributed by atoms with Crippen LogP contribution in [0, 0.1) is 0 Å². The zero-order chi connectivity index (χ0) is 14.3. The molecular formula is C14H24N4O. The fraction of sp³-hybridized carbons (Fsp3) is 0.500. The van der Waals surface area contributed by atoms with Gasteiger partial charge in [0.15, 0.2) is 5.96 Å². The normalized spacial score (nSPS) is 12.0. The van der Waals surface area contributed by atoms with Crippen LogP contribution in [0.5, 0.6) is 5.75 Å². The molecule has 0 spiro atoms. The molecule has 0 heterocycles. The van der Waals surface area contributed by atoms with Gasteiger partial charge < -0.3 is 20.7 Å². The lowest BCUT2D eigenvalue weighted by Crippen LogP contribution is -2.30. The van der Waals surface area contributed by atoms with Gasteiger partial charge in [-0.1, -0.05) is 0 Å². The van der Waals surface area contributed by atoms with Crippen LogP contribution < -0.4 is 15.8 Å². The lowest BCUT2D eigenvalue weighted by molar-refractivity contribution is 0.282. The van der Waals surface area contributed by atoms with Crippen molar-refractivity contribution in [3.05, 3.63) is 24.3 Å². The predicted octanol–water partition coefficient (Wildman–Crippen LogP) is 1.76. The van der Waals surface area contributed by atoms with Crippen molar-refractivity contribution in [2.45, 2.75) is 19.9 Å². The van der Waals surface area contributed by atoms with Crippen molar-refractivity contribution in [3.63, 3.8) is 0 Å². The van der Waals surface area contributed by atoms with Crippen molar-refractivity contribution >= 4 is 11.6 Å². The molecule has 19 heavy (non-hydrogen) atoms. The Balaban J connectivity index is 2.42. The van der Waals surface area contributed by atoms with E-state index in [0.717, 1.165) is 18.0 Å². The van der Waals surface area contributed by atoms with Gasteiger partial charge >= 0.3 is 0 Å². The number of hydrogen-bond acceptors (Lipinski definition) is 3. The van der Waals surface area contributed by atoms with Gasteiger partial charge in [0.25, 0.3) is 0 Å². The van der Waals surface area contributed by atoms with Crippen molar-refractivity contribution in [3.8, 4) is 5.75 Å². The van der Waals surface area contributed by atoms with E-state index in [1.807, 2.05) is 24.3 Å². The van der Waals surface area contributed by atoms with Crippen LogP contribution in [0.3, 0.4) is 0 Å². The molecule has 0 fully saturated rings. The summed E-state index contributed by atoms with van der Waals surface area (Å²) in [5.41, 5.74) is 6.73. The molecule has 0 saturated carbocycles. The molecule has 5 nitrogen and oxygen atoms in total. The lowest BCUT2D eigenvalue weighted by Gasteiger charge is -2.19. The van der Waals surface area contributed by atoms with Crippen LogP contribution >= 0.6 is 0 Å². The first-order valence-electron chi connectivity index (χ1n) is 6.44. The van der Waals surface area contributed by atoms with Crippen LogP contribution in [0.1, 0.15) is 13.8 Å². The summed E-state index contributed by atoms with van der Waals surface area (Å²) in [6.07, 6.45) is 0. The molecule has 0 saturated heterocycles. The summed E-state index contributed by atoms with van der Waals surface area (Å²) in [5.74, 6) is 1.25. The van der Waals surface area contributed by atoms with Crippen molar-refractivity contribution < 1.29 is 4.74 Å². The van der Waals surface area contributed by atoms with Gasteiger partial charge in [-0.05, 0) is 45.2 Å². The number of nitrogens with two attached hydrogens (primary N) is 1. The quantitative estimate of drug-likeness (QED) is 0.607. The Bertz CT molecular complexity index is 400. The smallest absolute Gasteiger partial charge is 0.193 e. The van der Waals surface area contributed by atoms with Gasteiger partial charge in [0.1, 0.15) is 5.75 Å². The Labute approximate surface area is 115 Å². The number of guanidine groups is 1. The highest BCUT2D eigenvalue weighted by Gasteiger charge is 2.01. The number of benzene rings is 1. The number of rotatable bonds is 6. The van der Waals surface area contributed by atoms with E-state index < -0.39 is 0 Å². The molecule has 1 aromatic carbocycles. The number of aliphatic imine (C=N–C) groups is 1. The van der Waals surface area contributed by atoms with Crippen LogP contribution in [-0.4, -0.2) is 44.1 Å². The summed E-state index contributed by atoms with van der Waals surface area (Å²) < 4.78 is 5.09. The largest absolute Gasteiger partial charge is 0.497 e. The molecule has 5 heteroatoms. The molecule has 0 aliphatic heterocycles. The first-order valence-corrected chi connectivity index (χ1v) is 6.44. The van der Waals surface area contributed by atoms with E-state index in [9.17, 15) is 0 Å². The Morgan fingerprint density at radius 2 is 2.00 bits per heavy atom. The Kier molecular flexibility index (Phi) is 6.15. The molecule has 0 amide bonds. The molecule has 0 unspecified atom stereocenters. The molecule has 0 aliphatic rings. The Hall–Kier alpha value is -1.75. The summed E-state index contributed by atoms with van der Waals surface area (Å²) in [6.45, 7) is 5.89. The zero-order valence-electron chi connectivity index (χ0n) is 12.2. The van der Waals surface area contributed by atoms with Crippen molar-refractivity contribution in [1.29, 1.82) is 0 Å². The van der Waals surface area contributed by atoms with Gasteiger partial charge in [-0.15, -0.1) is 0 Å². The predicted molar refractivity (Wildman–Crippen MR) is 80.9 cm³/mol. The molecular weight excluding hydrogens is 240 g/mol. The molecule has 0 bridgehead atoms. The minimum absolute atomic E-state index is 0.433.